The second kappa shape index (κ2) is 6.44. The van der Waals surface area contributed by atoms with E-state index in [0.717, 1.165) is 38.5 Å². The number of hydrogen-bond donors (Lipinski definition) is 1. The molecule has 0 spiro atoms. The number of fused-ring (bicyclic) bond motifs is 5. The fourth-order valence-corrected chi connectivity index (χ4v) is 7.46. The first-order valence-electron chi connectivity index (χ1n) is 9.35. The van der Waals surface area contributed by atoms with Crippen LogP contribution in [0, 0.1) is 28.6 Å². The van der Waals surface area contributed by atoms with Gasteiger partial charge in [-0.1, -0.05) is 25.5 Å². The summed E-state index contributed by atoms with van der Waals surface area (Å²) in [5.74, 6) is 2.08. The number of ketones is 1. The van der Waals surface area contributed by atoms with Gasteiger partial charge in [0, 0.05) is 11.8 Å². The van der Waals surface area contributed by atoms with Crippen molar-refractivity contribution < 1.29 is 17.8 Å². The summed E-state index contributed by atoms with van der Waals surface area (Å²) < 4.78 is 32.6. The summed E-state index contributed by atoms with van der Waals surface area (Å²) in [4.78, 5) is 12.4. The number of carbonyl (C=O) groups excluding carboxylic acids is 1. The molecule has 0 amide bonds. The number of carbonyl (C=O) groups is 1. The zero-order valence-corrected chi connectivity index (χ0v) is 15.4. The van der Waals surface area contributed by atoms with Crippen molar-refractivity contribution in [2.75, 3.05) is 0 Å². The van der Waals surface area contributed by atoms with E-state index in [1.807, 2.05) is 0 Å². The Kier molecular flexibility index (Phi) is 5.17. The van der Waals surface area contributed by atoms with Gasteiger partial charge in [-0.2, -0.15) is 8.42 Å². The van der Waals surface area contributed by atoms with Gasteiger partial charge in [-0.25, -0.2) is 0 Å². The van der Waals surface area contributed by atoms with Crippen molar-refractivity contribution in [2.24, 2.45) is 28.6 Å². The molecule has 4 aliphatic carbocycles. The van der Waals surface area contributed by atoms with Gasteiger partial charge in [0.1, 0.15) is 5.78 Å². The molecule has 4 aliphatic rings. The topological polar surface area (TPSA) is 71.4 Å². The Hall–Kier alpha value is 0.320. The summed E-state index contributed by atoms with van der Waals surface area (Å²) in [5, 5.41) is -0.629. The van der Waals surface area contributed by atoms with Gasteiger partial charge in [0.05, 0.1) is 5.25 Å². The molecule has 0 aliphatic heterocycles. The summed E-state index contributed by atoms with van der Waals surface area (Å²) in [6.07, 6.45) is 8.94. The molecule has 3 saturated carbocycles. The minimum absolute atomic E-state index is 0. The number of rotatable bonds is 1. The van der Waals surface area contributed by atoms with Gasteiger partial charge in [-0.05, 0) is 68.1 Å². The molecule has 0 heterocycles. The average molecular weight is 376 g/mol. The van der Waals surface area contributed by atoms with Crippen LogP contribution >= 0.6 is 0 Å². The molecule has 1 unspecified atom stereocenters. The van der Waals surface area contributed by atoms with Crippen LogP contribution in [0.3, 0.4) is 0 Å². The fourth-order valence-electron chi connectivity index (χ4n) is 6.65. The van der Waals surface area contributed by atoms with Crippen LogP contribution in [0.4, 0.5) is 0 Å². The van der Waals surface area contributed by atoms with Gasteiger partial charge in [0.15, 0.2) is 0 Å². The molecule has 0 aromatic rings. The predicted octanol–water partition coefficient (Wildman–Crippen LogP) is 3.13. The molecule has 136 valence electrons. The Labute approximate surface area is 173 Å². The number of hydrogen-bond acceptors (Lipinski definition) is 3. The Bertz CT molecular complexity index is 715. The van der Waals surface area contributed by atoms with Crippen molar-refractivity contribution in [3.05, 3.63) is 11.6 Å². The molecule has 0 aromatic heterocycles. The van der Waals surface area contributed by atoms with Crippen LogP contribution in [0.5, 0.6) is 0 Å². The first-order chi connectivity index (χ1) is 11.2. The summed E-state index contributed by atoms with van der Waals surface area (Å²) in [7, 11) is -3.95. The fraction of sp³-hybridized carbons (Fsp3) is 0.842. The minimum atomic E-state index is -3.95. The Morgan fingerprint density at radius 1 is 1.08 bits per heavy atom. The molecular weight excluding hydrogens is 347 g/mol. The van der Waals surface area contributed by atoms with E-state index in [1.165, 1.54) is 5.57 Å². The molecule has 6 heteroatoms. The van der Waals surface area contributed by atoms with Gasteiger partial charge in [0.25, 0.3) is 10.1 Å². The van der Waals surface area contributed by atoms with E-state index in [2.05, 4.69) is 19.9 Å². The third kappa shape index (κ3) is 2.93. The molecule has 0 saturated heterocycles. The van der Waals surface area contributed by atoms with Crippen molar-refractivity contribution in [1.82, 2.24) is 0 Å². The van der Waals surface area contributed by atoms with Crippen LogP contribution in [0.15, 0.2) is 11.6 Å². The van der Waals surface area contributed by atoms with Gasteiger partial charge in [-0.15, -0.1) is 0 Å². The van der Waals surface area contributed by atoms with Crippen molar-refractivity contribution in [3.8, 4) is 0 Å². The average Bonchev–Trinajstić information content (AvgIpc) is 2.81. The summed E-state index contributed by atoms with van der Waals surface area (Å²) in [6, 6.07) is 0. The van der Waals surface area contributed by atoms with Crippen molar-refractivity contribution in [2.45, 2.75) is 70.5 Å². The monoisotopic (exact) mass is 376 g/mol. The van der Waals surface area contributed by atoms with Crippen molar-refractivity contribution >= 4 is 45.5 Å². The number of allylic oxidation sites excluding steroid dienone is 2. The quantitative estimate of drug-likeness (QED) is 0.434. The predicted molar refractivity (Wildman–Crippen MR) is 99.2 cm³/mol. The van der Waals surface area contributed by atoms with Gasteiger partial charge in [-0.3, -0.25) is 9.35 Å². The van der Waals surface area contributed by atoms with Crippen LogP contribution < -0.4 is 0 Å². The molecule has 25 heavy (non-hydrogen) atoms. The Morgan fingerprint density at radius 3 is 2.40 bits per heavy atom. The van der Waals surface area contributed by atoms with E-state index in [4.69, 9.17) is 0 Å². The maximum atomic E-state index is 12.4. The van der Waals surface area contributed by atoms with E-state index in [1.54, 1.807) is 0 Å². The SMILES string of the molecule is C[C@]12CCC(S(=O)(=O)O)CC1=CC[C@@H]1[C@H]2CC[C@]2(C)C(=O)CC[C@@H]12.[NaH]. The Morgan fingerprint density at radius 2 is 1.72 bits per heavy atom. The zero-order valence-electron chi connectivity index (χ0n) is 14.6. The first-order valence-corrected chi connectivity index (χ1v) is 10.9. The molecule has 3 fully saturated rings. The van der Waals surface area contributed by atoms with Crippen LogP contribution in [0.1, 0.15) is 65.2 Å². The van der Waals surface area contributed by atoms with Crippen LogP contribution in [-0.4, -0.2) is 53.6 Å². The van der Waals surface area contributed by atoms with Crippen LogP contribution in [0.2, 0.25) is 0 Å². The van der Waals surface area contributed by atoms with Gasteiger partial charge in [0.2, 0.25) is 0 Å². The standard InChI is InChI=1S/C19H28O4S.Na.H/c1-18-9-7-13(24(21,22)23)11-12(18)3-4-14-15-5-6-17(20)19(15,2)10-8-16(14)18;;/h3,13-16H,4-11H2,1-2H3,(H,21,22,23);;/t13?,14-,15-,16+,18-,19-;;/m0../s1. The molecular formula is C19H29NaO4S. The third-order valence-corrected chi connectivity index (χ3v) is 9.43. The second-order valence-electron chi connectivity index (χ2n) is 9.06. The van der Waals surface area contributed by atoms with Gasteiger partial charge < -0.3 is 0 Å². The first kappa shape index (κ1) is 20.1. The third-order valence-electron chi connectivity index (χ3n) is 8.19. The molecule has 6 atom stereocenters. The van der Waals surface area contributed by atoms with E-state index < -0.39 is 15.4 Å². The van der Waals surface area contributed by atoms with Gasteiger partial charge >= 0.3 is 29.6 Å². The molecule has 0 aromatic carbocycles. The van der Waals surface area contributed by atoms with Crippen molar-refractivity contribution in [1.29, 1.82) is 0 Å². The molecule has 1 N–H and O–H groups in total. The van der Waals surface area contributed by atoms with Crippen LogP contribution in [0.25, 0.3) is 0 Å². The number of Topliss-reactive ketones (excluding diaryl/α,β-unsaturated/α-hetero) is 1. The van der Waals surface area contributed by atoms with Crippen molar-refractivity contribution in [3.63, 3.8) is 0 Å². The maximum absolute atomic E-state index is 12.4. The molecule has 4 rings (SSSR count). The second-order valence-corrected chi connectivity index (χ2v) is 10.8. The zero-order chi connectivity index (χ0) is 17.3. The molecule has 0 bridgehead atoms. The van der Waals surface area contributed by atoms with Crippen LogP contribution in [-0.2, 0) is 14.9 Å². The van der Waals surface area contributed by atoms with E-state index in [0.29, 0.717) is 36.4 Å². The normalized spacial score (nSPS) is 46.4. The van der Waals surface area contributed by atoms with E-state index in [-0.39, 0.29) is 40.4 Å². The Balaban J connectivity index is 0.00000182. The van der Waals surface area contributed by atoms with E-state index >= 15 is 0 Å². The molecule has 4 nitrogen and oxygen atoms in total. The summed E-state index contributed by atoms with van der Waals surface area (Å²) in [6.45, 7) is 4.48. The molecule has 0 radical (unpaired) electrons. The summed E-state index contributed by atoms with van der Waals surface area (Å²) in [5.41, 5.74) is 1.18. The summed E-state index contributed by atoms with van der Waals surface area (Å²) >= 11 is 0. The van der Waals surface area contributed by atoms with E-state index in [9.17, 15) is 17.8 Å².